The van der Waals surface area contributed by atoms with Gasteiger partial charge in [0, 0.05) is 6.04 Å². The van der Waals surface area contributed by atoms with Crippen LogP contribution in [0.1, 0.15) is 29.6 Å². The van der Waals surface area contributed by atoms with Crippen molar-refractivity contribution in [2.45, 2.75) is 25.3 Å². The number of urea groups is 1. The van der Waals surface area contributed by atoms with E-state index in [4.69, 9.17) is 5.11 Å². The molecule has 2 amide bonds. The molecule has 1 aliphatic carbocycles. The van der Waals surface area contributed by atoms with Crippen LogP contribution in [-0.2, 0) is 0 Å². The zero-order chi connectivity index (χ0) is 13.1. The summed E-state index contributed by atoms with van der Waals surface area (Å²) in [5.41, 5.74) is -0.206. The summed E-state index contributed by atoms with van der Waals surface area (Å²) in [5, 5.41) is 13.8. The summed E-state index contributed by atoms with van der Waals surface area (Å²) >= 11 is 0. The number of carbonyl (C=O) groups is 2. The number of hydrogen-bond acceptors (Lipinski definition) is 2. The highest BCUT2D eigenvalue weighted by Crippen LogP contribution is 2.19. The third-order valence-electron chi connectivity index (χ3n) is 2.90. The highest BCUT2D eigenvalue weighted by atomic mass is 19.1. The fourth-order valence-corrected chi connectivity index (χ4v) is 1.65. The molecule has 1 aromatic carbocycles. The Morgan fingerprint density at radius 3 is 2.61 bits per heavy atom. The van der Waals surface area contributed by atoms with Gasteiger partial charge in [0.25, 0.3) is 0 Å². The molecule has 0 bridgehead atoms. The van der Waals surface area contributed by atoms with Crippen LogP contribution in [0.2, 0.25) is 0 Å². The molecule has 1 saturated carbocycles. The van der Waals surface area contributed by atoms with Gasteiger partial charge >= 0.3 is 12.0 Å². The van der Waals surface area contributed by atoms with E-state index in [0.29, 0.717) is 0 Å². The Morgan fingerprint density at radius 2 is 2.06 bits per heavy atom. The SMILES string of the molecule is O=C(Nc1cc(C(=O)O)ccc1F)NC1CCC1. The van der Waals surface area contributed by atoms with E-state index in [-0.39, 0.29) is 17.3 Å². The minimum absolute atomic E-state index is 0.0738. The summed E-state index contributed by atoms with van der Waals surface area (Å²) in [6, 6.07) is 2.88. The summed E-state index contributed by atoms with van der Waals surface area (Å²) in [4.78, 5) is 22.2. The maximum absolute atomic E-state index is 13.4. The number of benzene rings is 1. The largest absolute Gasteiger partial charge is 0.478 e. The highest BCUT2D eigenvalue weighted by Gasteiger charge is 2.20. The van der Waals surface area contributed by atoms with E-state index in [2.05, 4.69) is 10.6 Å². The van der Waals surface area contributed by atoms with E-state index in [0.717, 1.165) is 37.5 Å². The smallest absolute Gasteiger partial charge is 0.335 e. The number of anilines is 1. The lowest BCUT2D eigenvalue weighted by atomic mass is 9.93. The van der Waals surface area contributed by atoms with Crippen LogP contribution in [0.4, 0.5) is 14.9 Å². The average Bonchev–Trinajstić information content (AvgIpc) is 2.26. The molecule has 5 nitrogen and oxygen atoms in total. The van der Waals surface area contributed by atoms with E-state index in [1.165, 1.54) is 0 Å². The standard InChI is InChI=1S/C12H13FN2O3/c13-9-5-4-7(11(16)17)6-10(9)15-12(18)14-8-2-1-3-8/h4-6,8H,1-3H2,(H,16,17)(H2,14,15,18). The molecule has 2 rings (SSSR count). The lowest BCUT2D eigenvalue weighted by Gasteiger charge is -2.26. The van der Waals surface area contributed by atoms with Crippen LogP contribution in [0.5, 0.6) is 0 Å². The quantitative estimate of drug-likeness (QED) is 0.771. The van der Waals surface area contributed by atoms with Crippen LogP contribution in [-0.4, -0.2) is 23.1 Å². The second-order valence-corrected chi connectivity index (χ2v) is 4.23. The number of nitrogens with one attached hydrogen (secondary N) is 2. The van der Waals surface area contributed by atoms with Crippen molar-refractivity contribution in [3.05, 3.63) is 29.6 Å². The summed E-state index contributed by atoms with van der Waals surface area (Å²) in [6.07, 6.45) is 2.92. The van der Waals surface area contributed by atoms with Gasteiger partial charge in [-0.15, -0.1) is 0 Å². The fourth-order valence-electron chi connectivity index (χ4n) is 1.65. The number of rotatable bonds is 3. The third-order valence-corrected chi connectivity index (χ3v) is 2.90. The molecule has 0 unspecified atom stereocenters. The van der Waals surface area contributed by atoms with Crippen molar-refractivity contribution in [2.24, 2.45) is 0 Å². The molecule has 0 aliphatic heterocycles. The molecule has 1 aromatic rings. The Bertz CT molecular complexity index is 486. The maximum atomic E-state index is 13.4. The molecule has 0 spiro atoms. The molecule has 0 heterocycles. The number of amides is 2. The molecule has 96 valence electrons. The van der Waals surface area contributed by atoms with Gasteiger partial charge in [-0.3, -0.25) is 0 Å². The van der Waals surface area contributed by atoms with Gasteiger partial charge in [0.05, 0.1) is 11.3 Å². The Hall–Kier alpha value is -2.11. The first-order valence-electron chi connectivity index (χ1n) is 5.66. The Kier molecular flexibility index (Phi) is 3.45. The van der Waals surface area contributed by atoms with Crippen molar-refractivity contribution < 1.29 is 19.1 Å². The molecule has 18 heavy (non-hydrogen) atoms. The predicted molar refractivity (Wildman–Crippen MR) is 63.2 cm³/mol. The van der Waals surface area contributed by atoms with Crippen molar-refractivity contribution in [3.63, 3.8) is 0 Å². The lowest BCUT2D eigenvalue weighted by molar-refractivity contribution is 0.0697. The van der Waals surface area contributed by atoms with Crippen LogP contribution in [0.3, 0.4) is 0 Å². The van der Waals surface area contributed by atoms with Crippen molar-refractivity contribution in [1.29, 1.82) is 0 Å². The first-order chi connectivity index (χ1) is 8.56. The number of aromatic carboxylic acids is 1. The van der Waals surface area contributed by atoms with E-state index >= 15 is 0 Å². The minimum atomic E-state index is -1.17. The van der Waals surface area contributed by atoms with Crippen molar-refractivity contribution >= 4 is 17.7 Å². The minimum Gasteiger partial charge on any atom is -0.478 e. The zero-order valence-electron chi connectivity index (χ0n) is 9.57. The van der Waals surface area contributed by atoms with Gasteiger partial charge in [-0.1, -0.05) is 0 Å². The molecule has 1 aliphatic rings. The van der Waals surface area contributed by atoms with Crippen LogP contribution in [0, 0.1) is 5.82 Å². The molecule has 0 aromatic heterocycles. The molecular formula is C12H13FN2O3. The number of carbonyl (C=O) groups excluding carboxylic acids is 1. The molecular weight excluding hydrogens is 239 g/mol. The van der Waals surface area contributed by atoms with Gasteiger partial charge in [-0.2, -0.15) is 0 Å². The topological polar surface area (TPSA) is 78.4 Å². The molecule has 0 atom stereocenters. The second kappa shape index (κ2) is 5.03. The van der Waals surface area contributed by atoms with Crippen LogP contribution < -0.4 is 10.6 Å². The number of carboxylic acid groups (broad SMARTS) is 1. The second-order valence-electron chi connectivity index (χ2n) is 4.23. The van der Waals surface area contributed by atoms with E-state index in [9.17, 15) is 14.0 Å². The van der Waals surface area contributed by atoms with Gasteiger partial charge in [0.2, 0.25) is 0 Å². The zero-order valence-corrected chi connectivity index (χ0v) is 9.57. The van der Waals surface area contributed by atoms with Gasteiger partial charge in [-0.05, 0) is 37.5 Å². The number of halogens is 1. The lowest BCUT2D eigenvalue weighted by Crippen LogP contribution is -2.42. The van der Waals surface area contributed by atoms with Gasteiger partial charge in [0.1, 0.15) is 5.82 Å². The van der Waals surface area contributed by atoms with E-state index in [1.54, 1.807) is 0 Å². The van der Waals surface area contributed by atoms with Gasteiger partial charge in [-0.25, -0.2) is 14.0 Å². The normalized spacial score (nSPS) is 14.7. The number of carboxylic acids is 1. The van der Waals surface area contributed by atoms with Crippen LogP contribution >= 0.6 is 0 Å². The molecule has 6 heteroatoms. The number of hydrogen-bond donors (Lipinski definition) is 3. The van der Waals surface area contributed by atoms with Gasteiger partial charge < -0.3 is 15.7 Å². The molecule has 3 N–H and O–H groups in total. The first-order valence-corrected chi connectivity index (χ1v) is 5.66. The molecule has 0 radical (unpaired) electrons. The Labute approximate surface area is 103 Å². The van der Waals surface area contributed by atoms with E-state index < -0.39 is 17.8 Å². The highest BCUT2D eigenvalue weighted by molar-refractivity contribution is 5.93. The van der Waals surface area contributed by atoms with Crippen molar-refractivity contribution in [3.8, 4) is 0 Å². The summed E-state index contributed by atoms with van der Waals surface area (Å²) in [6.45, 7) is 0. The predicted octanol–water partition coefficient (Wildman–Crippen LogP) is 2.20. The average molecular weight is 252 g/mol. The van der Waals surface area contributed by atoms with Crippen LogP contribution in [0.15, 0.2) is 18.2 Å². The summed E-state index contributed by atoms with van der Waals surface area (Å²) < 4.78 is 13.4. The monoisotopic (exact) mass is 252 g/mol. The van der Waals surface area contributed by atoms with Crippen molar-refractivity contribution in [1.82, 2.24) is 5.32 Å². The van der Waals surface area contributed by atoms with Gasteiger partial charge in [0.15, 0.2) is 0 Å². The Balaban J connectivity index is 2.04. The fraction of sp³-hybridized carbons (Fsp3) is 0.333. The summed E-state index contributed by atoms with van der Waals surface area (Å²) in [5.74, 6) is -1.83. The molecule has 1 fully saturated rings. The van der Waals surface area contributed by atoms with Crippen molar-refractivity contribution in [2.75, 3.05) is 5.32 Å². The van der Waals surface area contributed by atoms with E-state index in [1.807, 2.05) is 0 Å². The van der Waals surface area contributed by atoms with Crippen LogP contribution in [0.25, 0.3) is 0 Å². The first kappa shape index (κ1) is 12.3. The Morgan fingerprint density at radius 1 is 1.33 bits per heavy atom. The third kappa shape index (κ3) is 2.77. The maximum Gasteiger partial charge on any atom is 0.335 e. The summed E-state index contributed by atoms with van der Waals surface area (Å²) in [7, 11) is 0. The molecule has 0 saturated heterocycles.